The van der Waals surface area contributed by atoms with Gasteiger partial charge in [-0.25, -0.2) is 9.97 Å². The van der Waals surface area contributed by atoms with E-state index in [0.717, 1.165) is 76.3 Å². The second kappa shape index (κ2) is 8.31. The molecule has 1 saturated heterocycles. The fourth-order valence-corrected chi connectivity index (χ4v) is 5.37. The van der Waals surface area contributed by atoms with Gasteiger partial charge in [0.25, 0.3) is 0 Å². The number of fused-ring (bicyclic) bond motifs is 2. The lowest BCUT2D eigenvalue weighted by Crippen LogP contribution is -2.16. The number of para-hydroxylation sites is 1. The van der Waals surface area contributed by atoms with Crippen molar-refractivity contribution in [1.29, 1.82) is 0 Å². The van der Waals surface area contributed by atoms with E-state index in [1.807, 2.05) is 23.6 Å². The molecular formula is C24H25N7OS. The summed E-state index contributed by atoms with van der Waals surface area (Å²) in [6.45, 7) is 5.64. The molecule has 1 aliphatic heterocycles. The minimum Gasteiger partial charge on any atom is -0.376 e. The molecule has 0 bridgehead atoms. The summed E-state index contributed by atoms with van der Waals surface area (Å²) in [5, 5.41) is 11.2. The second-order valence-electron chi connectivity index (χ2n) is 8.53. The van der Waals surface area contributed by atoms with Crippen LogP contribution in [0.25, 0.3) is 28.1 Å². The first-order valence-corrected chi connectivity index (χ1v) is 12.2. The standard InChI is InChI=1S/C24H25N7OS/c1-15-10-16(2)30-12-17(27-23(30)26-15)14-33-24-29-28-22(31(24)13-18-6-5-9-32-18)20-11-25-21-8-4-3-7-19(20)21/h3-4,7-8,10-12,18,25H,5-6,9,13-14H2,1-2H3. The fourth-order valence-electron chi connectivity index (χ4n) is 4.53. The quantitative estimate of drug-likeness (QED) is 0.375. The molecule has 0 saturated carbocycles. The maximum Gasteiger partial charge on any atom is 0.234 e. The fraction of sp³-hybridized carbons (Fsp3) is 0.333. The SMILES string of the molecule is Cc1cc(C)n2cc(CSc3nnc(-c4c[nH]c5ccccc45)n3CC3CCCO3)nc2n1. The van der Waals surface area contributed by atoms with E-state index in [-0.39, 0.29) is 6.10 Å². The zero-order chi connectivity index (χ0) is 22.4. The number of aryl methyl sites for hydroxylation is 2. The molecule has 1 aliphatic rings. The molecule has 8 nitrogen and oxygen atoms in total. The summed E-state index contributed by atoms with van der Waals surface area (Å²) in [6, 6.07) is 10.4. The van der Waals surface area contributed by atoms with Crippen LogP contribution in [0.3, 0.4) is 0 Å². The van der Waals surface area contributed by atoms with Crippen LogP contribution in [-0.4, -0.2) is 46.8 Å². The predicted molar refractivity (Wildman–Crippen MR) is 128 cm³/mol. The summed E-state index contributed by atoms with van der Waals surface area (Å²) < 4.78 is 10.2. The van der Waals surface area contributed by atoms with Crippen molar-refractivity contribution >= 4 is 28.4 Å². The van der Waals surface area contributed by atoms with Gasteiger partial charge < -0.3 is 9.72 Å². The number of nitrogens with one attached hydrogen (secondary N) is 1. The number of aromatic amines is 1. The molecule has 1 N–H and O–H groups in total. The minimum atomic E-state index is 0.189. The highest BCUT2D eigenvalue weighted by atomic mass is 32.2. The first-order valence-electron chi connectivity index (χ1n) is 11.2. The number of imidazole rings is 1. The van der Waals surface area contributed by atoms with Gasteiger partial charge >= 0.3 is 0 Å². The van der Waals surface area contributed by atoms with Crippen molar-refractivity contribution in [3.63, 3.8) is 0 Å². The Labute approximate surface area is 195 Å². The highest BCUT2D eigenvalue weighted by Crippen LogP contribution is 2.32. The van der Waals surface area contributed by atoms with Crippen LogP contribution in [0.2, 0.25) is 0 Å². The number of aromatic nitrogens is 7. The van der Waals surface area contributed by atoms with Crippen LogP contribution in [0.4, 0.5) is 0 Å². The number of benzene rings is 1. The molecule has 0 aliphatic carbocycles. The Morgan fingerprint density at radius 1 is 1.18 bits per heavy atom. The van der Waals surface area contributed by atoms with E-state index in [9.17, 15) is 0 Å². The third-order valence-electron chi connectivity index (χ3n) is 6.12. The highest BCUT2D eigenvalue weighted by molar-refractivity contribution is 7.98. The van der Waals surface area contributed by atoms with Gasteiger partial charge in [0.1, 0.15) is 0 Å². The summed E-state index contributed by atoms with van der Waals surface area (Å²) in [5.74, 6) is 2.30. The maximum absolute atomic E-state index is 5.95. The monoisotopic (exact) mass is 459 g/mol. The van der Waals surface area contributed by atoms with Gasteiger partial charge in [0, 0.05) is 52.6 Å². The third kappa shape index (κ3) is 3.81. The van der Waals surface area contributed by atoms with Crippen LogP contribution in [0, 0.1) is 13.8 Å². The van der Waals surface area contributed by atoms with Crippen LogP contribution in [0.15, 0.2) is 47.9 Å². The van der Waals surface area contributed by atoms with Gasteiger partial charge in [0.05, 0.1) is 18.3 Å². The molecule has 5 aromatic rings. The molecule has 33 heavy (non-hydrogen) atoms. The molecule has 1 unspecified atom stereocenters. The molecule has 1 fully saturated rings. The Bertz CT molecular complexity index is 1440. The van der Waals surface area contributed by atoms with E-state index in [0.29, 0.717) is 5.75 Å². The van der Waals surface area contributed by atoms with Gasteiger partial charge in [-0.2, -0.15) is 0 Å². The summed E-state index contributed by atoms with van der Waals surface area (Å²) in [7, 11) is 0. The molecule has 5 heterocycles. The number of thioether (sulfide) groups is 1. The normalized spacial score (nSPS) is 16.4. The van der Waals surface area contributed by atoms with Gasteiger partial charge in [-0.05, 0) is 38.8 Å². The molecule has 0 radical (unpaired) electrons. The highest BCUT2D eigenvalue weighted by Gasteiger charge is 2.23. The average Bonchev–Trinajstić information content (AvgIpc) is 3.59. The lowest BCUT2D eigenvalue weighted by molar-refractivity contribution is 0.0953. The summed E-state index contributed by atoms with van der Waals surface area (Å²) >= 11 is 1.65. The number of rotatable bonds is 6. The zero-order valence-corrected chi connectivity index (χ0v) is 19.5. The Hall–Kier alpha value is -3.17. The van der Waals surface area contributed by atoms with Crippen molar-refractivity contribution in [1.82, 2.24) is 34.1 Å². The molecule has 6 rings (SSSR count). The number of H-pyrrole nitrogens is 1. The minimum absolute atomic E-state index is 0.189. The van der Waals surface area contributed by atoms with E-state index < -0.39 is 0 Å². The Kier molecular flexibility index (Phi) is 5.15. The molecule has 0 spiro atoms. The van der Waals surface area contributed by atoms with Crippen molar-refractivity contribution in [3.8, 4) is 11.4 Å². The van der Waals surface area contributed by atoms with Crippen molar-refractivity contribution < 1.29 is 4.74 Å². The molecule has 1 aromatic carbocycles. The van der Waals surface area contributed by atoms with Crippen molar-refractivity contribution in [2.24, 2.45) is 0 Å². The number of nitrogens with zero attached hydrogens (tertiary/aromatic N) is 6. The van der Waals surface area contributed by atoms with Gasteiger partial charge in [-0.3, -0.25) is 8.97 Å². The second-order valence-corrected chi connectivity index (χ2v) is 9.47. The van der Waals surface area contributed by atoms with Crippen LogP contribution < -0.4 is 0 Å². The van der Waals surface area contributed by atoms with Crippen molar-refractivity contribution in [2.75, 3.05) is 6.61 Å². The van der Waals surface area contributed by atoms with Gasteiger partial charge in [0.2, 0.25) is 5.78 Å². The Morgan fingerprint density at radius 3 is 2.97 bits per heavy atom. The lowest BCUT2D eigenvalue weighted by atomic mass is 10.1. The first kappa shape index (κ1) is 20.4. The largest absolute Gasteiger partial charge is 0.376 e. The van der Waals surface area contributed by atoms with Crippen molar-refractivity contribution in [2.45, 2.75) is 50.2 Å². The number of hydrogen-bond acceptors (Lipinski definition) is 6. The first-order chi connectivity index (χ1) is 16.2. The number of hydrogen-bond donors (Lipinski definition) is 1. The summed E-state index contributed by atoms with van der Waals surface area (Å²) in [4.78, 5) is 12.6. The van der Waals surface area contributed by atoms with Gasteiger partial charge in [0.15, 0.2) is 11.0 Å². The van der Waals surface area contributed by atoms with E-state index in [1.54, 1.807) is 11.8 Å². The van der Waals surface area contributed by atoms with E-state index in [2.05, 4.69) is 62.1 Å². The molecular weight excluding hydrogens is 434 g/mol. The topological polar surface area (TPSA) is 85.9 Å². The Morgan fingerprint density at radius 2 is 2.09 bits per heavy atom. The van der Waals surface area contributed by atoms with Gasteiger partial charge in [-0.1, -0.05) is 30.0 Å². The maximum atomic E-state index is 5.95. The van der Waals surface area contributed by atoms with Gasteiger partial charge in [-0.15, -0.1) is 10.2 Å². The van der Waals surface area contributed by atoms with Crippen LogP contribution in [0.5, 0.6) is 0 Å². The average molecular weight is 460 g/mol. The summed E-state index contributed by atoms with van der Waals surface area (Å²) in [6.07, 6.45) is 6.44. The van der Waals surface area contributed by atoms with Crippen LogP contribution >= 0.6 is 11.8 Å². The van der Waals surface area contributed by atoms with Crippen molar-refractivity contribution in [3.05, 3.63) is 59.8 Å². The molecule has 1 atom stereocenters. The molecule has 168 valence electrons. The molecule has 0 amide bonds. The van der Waals surface area contributed by atoms with E-state index in [1.165, 1.54) is 0 Å². The van der Waals surface area contributed by atoms with E-state index in [4.69, 9.17) is 9.72 Å². The Balaban J connectivity index is 1.33. The molecule has 4 aromatic heterocycles. The third-order valence-corrected chi connectivity index (χ3v) is 7.12. The summed E-state index contributed by atoms with van der Waals surface area (Å²) in [5.41, 5.74) is 5.23. The number of ether oxygens (including phenoxy) is 1. The van der Waals surface area contributed by atoms with E-state index >= 15 is 0 Å². The van der Waals surface area contributed by atoms with Crippen LogP contribution in [0.1, 0.15) is 29.9 Å². The predicted octanol–water partition coefficient (Wildman–Crippen LogP) is 4.56. The zero-order valence-electron chi connectivity index (χ0n) is 18.7. The molecule has 9 heteroatoms. The lowest BCUT2D eigenvalue weighted by Gasteiger charge is -2.14. The van der Waals surface area contributed by atoms with Crippen LogP contribution in [-0.2, 0) is 17.0 Å². The smallest absolute Gasteiger partial charge is 0.234 e.